The molecule has 2 aromatic heterocycles. The molecular formula is C23H28N8O2S. The molecule has 0 aliphatic carbocycles. The zero-order chi connectivity index (χ0) is 23.9. The average Bonchev–Trinajstić information content (AvgIpc) is 3.42. The molecule has 11 heteroatoms. The van der Waals surface area contributed by atoms with E-state index in [0.29, 0.717) is 11.4 Å². The molecule has 4 heterocycles. The van der Waals surface area contributed by atoms with Crippen molar-refractivity contribution in [1.82, 2.24) is 30.2 Å². The molecule has 10 nitrogen and oxygen atoms in total. The van der Waals surface area contributed by atoms with Crippen LogP contribution >= 0.6 is 11.8 Å². The molecule has 2 aliphatic rings. The molecule has 0 radical (unpaired) electrons. The highest BCUT2D eigenvalue weighted by atomic mass is 32.2. The number of aliphatic imine (C=N–C) groups is 1. The van der Waals surface area contributed by atoms with Gasteiger partial charge in [0.15, 0.2) is 16.6 Å². The van der Waals surface area contributed by atoms with Gasteiger partial charge in [-0.3, -0.25) is 9.69 Å². The number of thioether (sulfide) groups is 1. The van der Waals surface area contributed by atoms with E-state index in [1.165, 1.54) is 4.63 Å². The summed E-state index contributed by atoms with van der Waals surface area (Å²) in [5, 5.41) is 16.7. The van der Waals surface area contributed by atoms with Gasteiger partial charge in [-0.2, -0.15) is 0 Å². The fourth-order valence-electron chi connectivity index (χ4n) is 4.44. The summed E-state index contributed by atoms with van der Waals surface area (Å²) in [6.07, 6.45) is 1.51. The van der Waals surface area contributed by atoms with Crippen LogP contribution < -0.4 is 9.64 Å². The summed E-state index contributed by atoms with van der Waals surface area (Å²) < 4.78 is 6.93. The molecule has 0 saturated carbocycles. The second-order valence-electron chi connectivity index (χ2n) is 9.32. The number of hydrogen-bond acceptors (Lipinski definition) is 9. The first-order chi connectivity index (χ1) is 16.4. The molecule has 2 fully saturated rings. The van der Waals surface area contributed by atoms with Crippen LogP contribution in [0.5, 0.6) is 5.75 Å². The summed E-state index contributed by atoms with van der Waals surface area (Å²) >= 11 is 1.63. The number of aromatic nitrogens is 5. The number of rotatable bonds is 4. The van der Waals surface area contributed by atoms with Crippen molar-refractivity contribution in [3.8, 4) is 5.75 Å². The molecule has 5 rings (SSSR count). The third-order valence-corrected chi connectivity index (χ3v) is 7.73. The Morgan fingerprint density at radius 2 is 2.00 bits per heavy atom. The van der Waals surface area contributed by atoms with Crippen LogP contribution in [0.25, 0.3) is 5.65 Å². The van der Waals surface area contributed by atoms with Crippen LogP contribution in [0.15, 0.2) is 35.3 Å². The van der Waals surface area contributed by atoms with Crippen LogP contribution in [0.1, 0.15) is 32.3 Å². The lowest BCUT2D eigenvalue weighted by Gasteiger charge is -2.37. The molecule has 0 atom stereocenters. The smallest absolute Gasteiger partial charge is 0.232 e. The summed E-state index contributed by atoms with van der Waals surface area (Å²) in [4.78, 5) is 22.7. The number of tetrazole rings is 1. The lowest BCUT2D eigenvalue weighted by molar-refractivity contribution is -0.135. The molecule has 34 heavy (non-hydrogen) atoms. The zero-order valence-electron chi connectivity index (χ0n) is 19.8. The zero-order valence-corrected chi connectivity index (χ0v) is 20.6. The van der Waals surface area contributed by atoms with Gasteiger partial charge in [-0.05, 0) is 73.9 Å². The van der Waals surface area contributed by atoms with E-state index in [9.17, 15) is 4.79 Å². The van der Waals surface area contributed by atoms with Gasteiger partial charge in [0.2, 0.25) is 5.91 Å². The summed E-state index contributed by atoms with van der Waals surface area (Å²) in [7, 11) is 1.64. The molecule has 1 aromatic carbocycles. The maximum Gasteiger partial charge on any atom is 0.232 e. The van der Waals surface area contributed by atoms with Crippen molar-refractivity contribution >= 4 is 40.0 Å². The fraction of sp³-hybridized carbons (Fsp3) is 0.478. The number of carbonyl (C=O) groups excluding carboxylic acids is 1. The van der Waals surface area contributed by atoms with E-state index in [-0.39, 0.29) is 17.4 Å². The first-order valence-corrected chi connectivity index (χ1v) is 12.3. The highest BCUT2D eigenvalue weighted by Crippen LogP contribution is 2.39. The van der Waals surface area contributed by atoms with Crippen molar-refractivity contribution < 1.29 is 9.53 Å². The van der Waals surface area contributed by atoms with Crippen LogP contribution in [0.4, 0.5) is 11.5 Å². The van der Waals surface area contributed by atoms with Gasteiger partial charge in [-0.15, -0.1) is 14.8 Å². The van der Waals surface area contributed by atoms with Crippen LogP contribution in [0.2, 0.25) is 0 Å². The minimum absolute atomic E-state index is 0.0596. The molecule has 0 spiro atoms. The number of fused-ring (bicyclic) bond motifs is 1. The van der Waals surface area contributed by atoms with Gasteiger partial charge in [-0.1, -0.05) is 17.8 Å². The number of anilines is 1. The predicted molar refractivity (Wildman–Crippen MR) is 132 cm³/mol. The quantitative estimate of drug-likeness (QED) is 0.562. The SMILES string of the molecule is COc1ccc(C)cc1N=C1SCC(C)(C)N1C(=O)C1CCN(c2ccc3nnnn3n2)CC1. The van der Waals surface area contributed by atoms with Crippen molar-refractivity contribution in [2.75, 3.05) is 30.9 Å². The molecule has 0 unspecified atom stereocenters. The van der Waals surface area contributed by atoms with Gasteiger partial charge in [0.05, 0.1) is 12.6 Å². The van der Waals surface area contributed by atoms with E-state index in [1.54, 1.807) is 18.9 Å². The lowest BCUT2D eigenvalue weighted by Crippen LogP contribution is -2.51. The molecule has 2 aliphatic heterocycles. The Hall–Kier alpha value is -3.21. The number of methoxy groups -OCH3 is 1. The number of amidine groups is 1. The van der Waals surface area contributed by atoms with E-state index in [0.717, 1.165) is 53.9 Å². The lowest BCUT2D eigenvalue weighted by atomic mass is 9.93. The first-order valence-electron chi connectivity index (χ1n) is 11.4. The maximum absolute atomic E-state index is 13.8. The maximum atomic E-state index is 13.8. The summed E-state index contributed by atoms with van der Waals surface area (Å²) in [5.41, 5.74) is 2.15. The molecule has 178 valence electrons. The number of aryl methyl sites for hydroxylation is 1. The second kappa shape index (κ2) is 8.86. The third-order valence-electron chi connectivity index (χ3n) is 6.35. The molecule has 2 saturated heterocycles. The van der Waals surface area contributed by atoms with Crippen LogP contribution in [0.3, 0.4) is 0 Å². The Balaban J connectivity index is 1.34. The van der Waals surface area contributed by atoms with E-state index in [2.05, 4.69) is 39.4 Å². The van der Waals surface area contributed by atoms with Gasteiger partial charge in [0.1, 0.15) is 11.4 Å². The van der Waals surface area contributed by atoms with Crippen molar-refractivity contribution in [1.29, 1.82) is 0 Å². The number of piperidine rings is 1. The number of hydrogen-bond donors (Lipinski definition) is 0. The van der Waals surface area contributed by atoms with Gasteiger partial charge in [0, 0.05) is 24.8 Å². The highest BCUT2D eigenvalue weighted by Gasteiger charge is 2.44. The van der Waals surface area contributed by atoms with Crippen molar-refractivity contribution in [3.05, 3.63) is 35.9 Å². The van der Waals surface area contributed by atoms with Crippen molar-refractivity contribution in [2.45, 2.75) is 39.2 Å². The number of nitrogens with zero attached hydrogens (tertiary/aromatic N) is 8. The Morgan fingerprint density at radius 3 is 2.76 bits per heavy atom. The van der Waals surface area contributed by atoms with Crippen molar-refractivity contribution in [3.63, 3.8) is 0 Å². The van der Waals surface area contributed by atoms with Gasteiger partial charge < -0.3 is 9.64 Å². The van der Waals surface area contributed by atoms with Gasteiger partial charge >= 0.3 is 0 Å². The summed E-state index contributed by atoms with van der Waals surface area (Å²) in [6, 6.07) is 9.69. The van der Waals surface area contributed by atoms with E-state index < -0.39 is 0 Å². The number of amides is 1. The number of benzene rings is 1. The van der Waals surface area contributed by atoms with Crippen LogP contribution in [-0.2, 0) is 4.79 Å². The molecular weight excluding hydrogens is 452 g/mol. The average molecular weight is 481 g/mol. The van der Waals surface area contributed by atoms with Gasteiger partial charge in [0.25, 0.3) is 0 Å². The minimum Gasteiger partial charge on any atom is -0.494 e. The topological polar surface area (TPSA) is 101 Å². The highest BCUT2D eigenvalue weighted by molar-refractivity contribution is 8.14. The summed E-state index contributed by atoms with van der Waals surface area (Å²) in [5.74, 6) is 2.41. The Bertz CT molecular complexity index is 1250. The molecule has 1 amide bonds. The Morgan fingerprint density at radius 1 is 1.21 bits per heavy atom. The third kappa shape index (κ3) is 4.20. The molecule has 0 bridgehead atoms. The number of carbonyl (C=O) groups is 1. The monoisotopic (exact) mass is 480 g/mol. The fourth-order valence-corrected chi connectivity index (χ4v) is 5.68. The van der Waals surface area contributed by atoms with Crippen LogP contribution in [-0.4, -0.2) is 72.7 Å². The van der Waals surface area contributed by atoms with Crippen LogP contribution in [0, 0.1) is 12.8 Å². The predicted octanol–water partition coefficient (Wildman–Crippen LogP) is 3.09. The largest absolute Gasteiger partial charge is 0.494 e. The van der Waals surface area contributed by atoms with E-state index in [1.807, 2.05) is 42.2 Å². The molecule has 3 aromatic rings. The van der Waals surface area contributed by atoms with E-state index in [4.69, 9.17) is 9.73 Å². The minimum atomic E-state index is -0.304. The normalized spacial score (nSPS) is 19.8. The standard InChI is InChI=1S/C23H28N8O2S/c1-15-5-6-18(33-4)17(13-15)24-22-30(23(2,3)14-34-22)21(32)16-9-11-29(12-10-16)20-8-7-19-25-27-28-31(19)26-20/h5-8,13,16H,9-12,14H2,1-4H3. The Kier molecular flexibility index (Phi) is 5.88. The second-order valence-corrected chi connectivity index (χ2v) is 10.3. The molecule has 0 N–H and O–H groups in total. The number of ether oxygens (including phenoxy) is 1. The Labute approximate surface area is 202 Å². The van der Waals surface area contributed by atoms with E-state index >= 15 is 0 Å². The summed E-state index contributed by atoms with van der Waals surface area (Å²) in [6.45, 7) is 7.73. The van der Waals surface area contributed by atoms with Gasteiger partial charge in [-0.25, -0.2) is 4.99 Å². The first kappa shape index (κ1) is 22.6. The van der Waals surface area contributed by atoms with Crippen molar-refractivity contribution in [2.24, 2.45) is 10.9 Å².